The lowest BCUT2D eigenvalue weighted by Crippen LogP contribution is -2.45. The maximum absolute atomic E-state index is 13.9. The van der Waals surface area contributed by atoms with Gasteiger partial charge in [0, 0.05) is 19.7 Å². The third-order valence-electron chi connectivity index (χ3n) is 5.98. The molecule has 0 saturated carbocycles. The first-order valence-electron chi connectivity index (χ1n) is 11.5. The number of phenols is 1. The van der Waals surface area contributed by atoms with Crippen LogP contribution in [-0.4, -0.2) is 51.4 Å². The van der Waals surface area contributed by atoms with Gasteiger partial charge in [0.25, 0.3) is 11.8 Å². The van der Waals surface area contributed by atoms with Gasteiger partial charge in [-0.3, -0.25) is 14.4 Å². The van der Waals surface area contributed by atoms with Crippen molar-refractivity contribution in [3.8, 4) is 5.75 Å². The summed E-state index contributed by atoms with van der Waals surface area (Å²) >= 11 is 0.696. The van der Waals surface area contributed by atoms with E-state index < -0.39 is 29.6 Å². The average molecular weight is 528 g/mol. The molecule has 0 aliphatic carbocycles. The van der Waals surface area contributed by atoms with E-state index in [9.17, 15) is 23.9 Å². The summed E-state index contributed by atoms with van der Waals surface area (Å²) in [6, 6.07) is 10.2. The van der Waals surface area contributed by atoms with E-state index in [0.717, 1.165) is 12.8 Å². The van der Waals surface area contributed by atoms with Crippen LogP contribution in [0.25, 0.3) is 0 Å². The molecule has 3 aromatic rings. The van der Waals surface area contributed by atoms with Gasteiger partial charge in [0.1, 0.15) is 22.5 Å². The molecule has 0 spiro atoms. The second kappa shape index (κ2) is 11.4. The van der Waals surface area contributed by atoms with Gasteiger partial charge < -0.3 is 31.5 Å². The van der Waals surface area contributed by atoms with Crippen molar-refractivity contribution >= 4 is 34.9 Å². The van der Waals surface area contributed by atoms with E-state index in [1.54, 1.807) is 0 Å². The zero-order valence-corrected chi connectivity index (χ0v) is 20.5. The Bertz CT molecular complexity index is 1280. The van der Waals surface area contributed by atoms with Crippen LogP contribution in [-0.2, 0) is 16.1 Å². The number of amides is 3. The van der Waals surface area contributed by atoms with Crippen molar-refractivity contribution in [3.05, 3.63) is 76.0 Å². The third kappa shape index (κ3) is 6.04. The number of carbonyl (C=O) groups excluding carboxylic acids is 3. The van der Waals surface area contributed by atoms with Gasteiger partial charge in [-0.2, -0.15) is 4.37 Å². The predicted octanol–water partition coefficient (Wildman–Crippen LogP) is 2.35. The molecule has 194 valence electrons. The van der Waals surface area contributed by atoms with Crippen molar-refractivity contribution in [2.24, 2.45) is 5.73 Å². The standard InChI is InChI=1S/C25H26FN5O5S/c26-16-7-3-14(4-8-16)13-31(25(35)22-19(27)20(23(28)33)30-37-22)21(15-5-9-17(32)10-6-15)24(34)29-12-18-2-1-11-36-18/h3-10,18,21,32H,1-2,11-13,27H2,(H2,28,33)(H,29,34)/t18-,21+/m1/s1. The van der Waals surface area contributed by atoms with E-state index >= 15 is 0 Å². The summed E-state index contributed by atoms with van der Waals surface area (Å²) in [5, 5.41) is 12.7. The molecule has 1 aliphatic rings. The Morgan fingerprint density at radius 1 is 1.19 bits per heavy atom. The number of primary amides is 1. The van der Waals surface area contributed by atoms with E-state index in [1.807, 2.05) is 0 Å². The molecule has 1 aromatic heterocycles. The highest BCUT2D eigenvalue weighted by molar-refractivity contribution is 7.09. The highest BCUT2D eigenvalue weighted by atomic mass is 32.1. The number of hydrogen-bond donors (Lipinski definition) is 4. The molecule has 0 radical (unpaired) electrons. The Hall–Kier alpha value is -4.03. The van der Waals surface area contributed by atoms with E-state index in [0.29, 0.717) is 29.3 Å². The van der Waals surface area contributed by atoms with Gasteiger partial charge in [0.2, 0.25) is 5.91 Å². The summed E-state index contributed by atoms with van der Waals surface area (Å²) < 4.78 is 23.1. The van der Waals surface area contributed by atoms with Crippen LogP contribution in [0, 0.1) is 5.82 Å². The number of hydrogen-bond acceptors (Lipinski definition) is 8. The number of phenolic OH excluding ortho intramolecular Hbond substituents is 1. The van der Waals surface area contributed by atoms with Crippen LogP contribution in [0.5, 0.6) is 5.75 Å². The molecule has 1 saturated heterocycles. The number of halogens is 1. The molecule has 0 bridgehead atoms. The lowest BCUT2D eigenvalue weighted by Gasteiger charge is -2.31. The lowest BCUT2D eigenvalue weighted by molar-refractivity contribution is -0.126. The number of carbonyl (C=O) groups is 3. The summed E-state index contributed by atoms with van der Waals surface area (Å²) in [6.45, 7) is 0.770. The van der Waals surface area contributed by atoms with Crippen molar-refractivity contribution in [3.63, 3.8) is 0 Å². The molecule has 37 heavy (non-hydrogen) atoms. The number of nitrogens with two attached hydrogens (primary N) is 2. The van der Waals surface area contributed by atoms with E-state index in [-0.39, 0.29) is 41.2 Å². The van der Waals surface area contributed by atoms with Gasteiger partial charge in [-0.15, -0.1) is 0 Å². The number of nitrogens with one attached hydrogen (secondary N) is 1. The molecule has 4 rings (SSSR count). The van der Waals surface area contributed by atoms with Crippen molar-refractivity contribution < 1.29 is 28.6 Å². The summed E-state index contributed by atoms with van der Waals surface area (Å²) in [4.78, 5) is 40.3. The Morgan fingerprint density at radius 2 is 1.89 bits per heavy atom. The van der Waals surface area contributed by atoms with Gasteiger partial charge in [0.15, 0.2) is 5.69 Å². The minimum atomic E-state index is -1.17. The Morgan fingerprint density at radius 3 is 2.49 bits per heavy atom. The van der Waals surface area contributed by atoms with Crippen LogP contribution < -0.4 is 16.8 Å². The molecule has 3 amide bonds. The monoisotopic (exact) mass is 527 g/mol. The Balaban J connectivity index is 1.75. The zero-order chi connectivity index (χ0) is 26.5. The van der Waals surface area contributed by atoms with Gasteiger partial charge in [-0.25, -0.2) is 4.39 Å². The maximum atomic E-state index is 13.9. The van der Waals surface area contributed by atoms with Crippen LogP contribution in [0.1, 0.15) is 50.2 Å². The molecular formula is C25H26FN5O5S. The lowest BCUT2D eigenvalue weighted by atomic mass is 10.0. The average Bonchev–Trinajstić information content (AvgIpc) is 3.54. The van der Waals surface area contributed by atoms with E-state index in [4.69, 9.17) is 16.2 Å². The molecule has 2 heterocycles. The zero-order valence-electron chi connectivity index (χ0n) is 19.7. The van der Waals surface area contributed by atoms with Gasteiger partial charge >= 0.3 is 0 Å². The van der Waals surface area contributed by atoms with Crippen LogP contribution in [0.15, 0.2) is 48.5 Å². The Labute approximate surface area is 216 Å². The SMILES string of the molecule is NC(=O)c1nsc(C(=O)N(Cc2ccc(F)cc2)[C@H](C(=O)NC[C@H]2CCCO2)c2ccc(O)cc2)c1N. The fourth-order valence-electron chi connectivity index (χ4n) is 4.07. The minimum Gasteiger partial charge on any atom is -0.508 e. The minimum absolute atomic E-state index is 0.0172. The highest BCUT2D eigenvalue weighted by Crippen LogP contribution is 2.31. The topological polar surface area (TPSA) is 161 Å². The second-order valence-electron chi connectivity index (χ2n) is 8.57. The van der Waals surface area contributed by atoms with Crippen LogP contribution in [0.2, 0.25) is 0 Å². The van der Waals surface area contributed by atoms with Crippen LogP contribution in [0.4, 0.5) is 10.1 Å². The molecular weight excluding hydrogens is 501 g/mol. The summed E-state index contributed by atoms with van der Waals surface area (Å²) in [7, 11) is 0. The first-order chi connectivity index (χ1) is 17.7. The quantitative estimate of drug-likeness (QED) is 0.332. The van der Waals surface area contributed by atoms with Crippen LogP contribution >= 0.6 is 11.5 Å². The molecule has 10 nitrogen and oxygen atoms in total. The molecule has 6 N–H and O–H groups in total. The van der Waals surface area contributed by atoms with Gasteiger partial charge in [-0.05, 0) is 59.8 Å². The number of anilines is 1. The van der Waals surface area contributed by atoms with Crippen molar-refractivity contribution in [1.82, 2.24) is 14.6 Å². The van der Waals surface area contributed by atoms with Crippen molar-refractivity contribution in [2.75, 3.05) is 18.9 Å². The molecule has 1 aliphatic heterocycles. The number of nitrogen functional groups attached to an aromatic ring is 1. The van der Waals surface area contributed by atoms with E-state index in [2.05, 4.69) is 9.69 Å². The Kier molecular flexibility index (Phi) is 7.99. The normalized spacial score (nSPS) is 15.8. The van der Waals surface area contributed by atoms with Gasteiger partial charge in [0.05, 0.1) is 11.8 Å². The number of benzene rings is 2. The van der Waals surface area contributed by atoms with Gasteiger partial charge in [-0.1, -0.05) is 24.3 Å². The number of rotatable bonds is 9. The summed E-state index contributed by atoms with van der Waals surface area (Å²) in [6.07, 6.45) is 1.56. The summed E-state index contributed by atoms with van der Waals surface area (Å²) in [5.41, 5.74) is 11.9. The van der Waals surface area contributed by atoms with Crippen molar-refractivity contribution in [1.29, 1.82) is 0 Å². The number of aromatic nitrogens is 1. The predicted molar refractivity (Wildman–Crippen MR) is 134 cm³/mol. The number of aromatic hydroxyl groups is 1. The molecule has 0 unspecified atom stereocenters. The highest BCUT2D eigenvalue weighted by Gasteiger charge is 2.35. The van der Waals surface area contributed by atoms with Crippen molar-refractivity contribution in [2.45, 2.75) is 31.5 Å². The number of ether oxygens (including phenoxy) is 1. The smallest absolute Gasteiger partial charge is 0.270 e. The van der Waals surface area contributed by atoms with Crippen LogP contribution in [0.3, 0.4) is 0 Å². The first-order valence-corrected chi connectivity index (χ1v) is 12.3. The molecule has 1 fully saturated rings. The first kappa shape index (κ1) is 26.0. The fraction of sp³-hybridized carbons (Fsp3) is 0.280. The molecule has 2 atom stereocenters. The largest absolute Gasteiger partial charge is 0.508 e. The summed E-state index contributed by atoms with van der Waals surface area (Å²) in [5.74, 6) is -2.52. The third-order valence-corrected chi connectivity index (χ3v) is 6.83. The fourth-order valence-corrected chi connectivity index (χ4v) is 4.83. The molecule has 12 heteroatoms. The van der Waals surface area contributed by atoms with E-state index in [1.165, 1.54) is 53.4 Å². The second-order valence-corrected chi connectivity index (χ2v) is 9.35. The maximum Gasteiger partial charge on any atom is 0.270 e. The number of nitrogens with zero attached hydrogens (tertiary/aromatic N) is 2. The molecule has 2 aromatic carbocycles.